The van der Waals surface area contributed by atoms with E-state index in [4.69, 9.17) is 0 Å². The third-order valence-electron chi connectivity index (χ3n) is 0.163. The first-order chi connectivity index (χ1) is 2.41. The summed E-state index contributed by atoms with van der Waals surface area (Å²) in [5, 5.41) is 0. The van der Waals surface area contributed by atoms with Crippen molar-refractivity contribution in [3.05, 3.63) is 0 Å². The standard InChI is InChI=1S/2CH3.S.2Sb/h2*1H3;;;. The molecule has 0 aliphatic carbocycles. The molecule has 0 fully saturated rings. The summed E-state index contributed by atoms with van der Waals surface area (Å²) in [6.07, 6.45) is 0. The molecule has 0 saturated heterocycles. The maximum absolute atomic E-state index is 2.36. The molecule has 0 spiro atoms. The Hall–Kier alpha value is 1.99. The number of hydrogen-bond donors (Lipinski definition) is 0. The van der Waals surface area contributed by atoms with Gasteiger partial charge in [-0.25, -0.2) is 0 Å². The molecule has 0 aromatic carbocycles. The summed E-state index contributed by atoms with van der Waals surface area (Å²) in [5.41, 5.74) is 0. The third kappa shape index (κ3) is 5.99. The Morgan fingerprint density at radius 1 is 1.20 bits per heavy atom. The second kappa shape index (κ2) is 5.99. The van der Waals surface area contributed by atoms with Crippen LogP contribution in [-0.2, 0) is 0 Å². The van der Waals surface area contributed by atoms with Crippen molar-refractivity contribution >= 4 is 46.4 Å². The van der Waals surface area contributed by atoms with Crippen LogP contribution in [0.25, 0.3) is 0 Å². The fourth-order valence-corrected chi connectivity index (χ4v) is 11.0. The van der Waals surface area contributed by atoms with Gasteiger partial charge in [-0.3, -0.25) is 0 Å². The Labute approximate surface area is 55.3 Å². The van der Waals surface area contributed by atoms with Crippen LogP contribution in [0.1, 0.15) is 0 Å². The van der Waals surface area contributed by atoms with E-state index in [1.165, 1.54) is 0 Å². The van der Waals surface area contributed by atoms with E-state index in [0.717, 1.165) is 0 Å². The molecule has 30 valence electrons. The molecular formula is C2H6SSb2. The van der Waals surface area contributed by atoms with Crippen LogP contribution in [0.5, 0.6) is 0 Å². The van der Waals surface area contributed by atoms with E-state index in [1.54, 1.807) is 0 Å². The van der Waals surface area contributed by atoms with Crippen molar-refractivity contribution in [2.24, 2.45) is 0 Å². The van der Waals surface area contributed by atoms with Gasteiger partial charge >= 0.3 is 56.1 Å². The van der Waals surface area contributed by atoms with Gasteiger partial charge in [-0.2, -0.15) is 0 Å². The van der Waals surface area contributed by atoms with Crippen molar-refractivity contribution in [2.75, 3.05) is 0 Å². The summed E-state index contributed by atoms with van der Waals surface area (Å²) in [7, 11) is 0. The molecule has 0 unspecified atom stereocenters. The average molecular weight is 306 g/mol. The molecule has 0 aliphatic rings. The van der Waals surface area contributed by atoms with Gasteiger partial charge in [-0.05, 0) is 0 Å². The summed E-state index contributed by atoms with van der Waals surface area (Å²) in [5.74, 6) is 2.26. The Bertz CT molecular complexity index is 15.1. The van der Waals surface area contributed by atoms with Crippen LogP contribution in [0.3, 0.4) is 0 Å². The minimum atomic E-state index is 0.323. The zero-order valence-corrected chi connectivity index (χ0v) is 9.22. The Morgan fingerprint density at radius 2 is 1.60 bits per heavy atom. The van der Waals surface area contributed by atoms with Gasteiger partial charge in [0.05, 0.1) is 0 Å². The van der Waals surface area contributed by atoms with Crippen molar-refractivity contribution < 1.29 is 0 Å². The Kier molecular flexibility index (Phi) is 8.36. The summed E-state index contributed by atoms with van der Waals surface area (Å²) in [6.45, 7) is 0. The van der Waals surface area contributed by atoms with Crippen LogP contribution < -0.4 is 0 Å². The Morgan fingerprint density at radius 3 is 1.60 bits per heavy atom. The first-order valence-electron chi connectivity index (χ1n) is 1.26. The first-order valence-corrected chi connectivity index (χ1v) is 13.3. The summed E-state index contributed by atoms with van der Waals surface area (Å²) in [6, 6.07) is 0. The fourth-order valence-electron chi connectivity index (χ4n) is 0.0816. The van der Waals surface area contributed by atoms with Crippen molar-refractivity contribution in [3.63, 3.8) is 0 Å². The molecule has 0 aliphatic heterocycles. The van der Waals surface area contributed by atoms with Crippen LogP contribution in [0.4, 0.5) is 0 Å². The third-order valence-corrected chi connectivity index (χ3v) is 22.0. The first kappa shape index (κ1) is 6.99. The van der Waals surface area contributed by atoms with Gasteiger partial charge in [-0.1, -0.05) is 0 Å². The summed E-state index contributed by atoms with van der Waals surface area (Å²) < 4.78 is 0. The quantitative estimate of drug-likeness (QED) is 0.688. The molecule has 0 aromatic rings. The predicted octanol–water partition coefficient (Wildman–Crippen LogP) is 1.05. The van der Waals surface area contributed by atoms with Gasteiger partial charge in [0, 0.05) is 0 Å². The molecule has 2 radical (unpaired) electrons. The second-order valence-electron chi connectivity index (χ2n) is 0.447. The summed E-state index contributed by atoms with van der Waals surface area (Å²) >= 11 is 0.646. The van der Waals surface area contributed by atoms with Crippen LogP contribution in [0.15, 0.2) is 0 Å². The van der Waals surface area contributed by atoms with Gasteiger partial charge < -0.3 is 0 Å². The normalized spacial score (nSPS) is 8.40. The molecule has 0 aromatic heterocycles. The van der Waals surface area contributed by atoms with E-state index < -0.39 is 0 Å². The van der Waals surface area contributed by atoms with Crippen LogP contribution in [-0.4, -0.2) is 40.4 Å². The van der Waals surface area contributed by atoms with E-state index >= 15 is 0 Å². The van der Waals surface area contributed by atoms with E-state index in [2.05, 4.69) is 15.7 Å². The van der Waals surface area contributed by atoms with E-state index in [-0.39, 0.29) is 0 Å². The zero-order valence-electron chi connectivity index (χ0n) is 3.30. The zero-order chi connectivity index (χ0) is 4.12. The number of rotatable bonds is 2. The number of hydrogen-bond acceptors (Lipinski definition) is 1. The molecule has 0 rings (SSSR count). The molecule has 3 heteroatoms. The van der Waals surface area contributed by atoms with Crippen molar-refractivity contribution in [1.29, 1.82) is 0 Å². The van der Waals surface area contributed by atoms with Crippen molar-refractivity contribution in [1.82, 2.24) is 0 Å². The van der Waals surface area contributed by atoms with Crippen LogP contribution in [0.2, 0.25) is 9.74 Å². The minimum absolute atomic E-state index is 0.323. The molecule has 0 bridgehead atoms. The van der Waals surface area contributed by atoms with Gasteiger partial charge in [0.25, 0.3) is 0 Å². The topological polar surface area (TPSA) is 0 Å². The van der Waals surface area contributed by atoms with Gasteiger partial charge in [-0.15, -0.1) is 0 Å². The van der Waals surface area contributed by atoms with Crippen molar-refractivity contribution in [2.45, 2.75) is 9.74 Å². The predicted molar refractivity (Wildman–Crippen MR) is 30.8 cm³/mol. The molecule has 0 amide bonds. The van der Waals surface area contributed by atoms with Crippen LogP contribution >= 0.6 is 5.94 Å². The molecule has 0 nitrogen and oxygen atoms in total. The second-order valence-corrected chi connectivity index (χ2v) is 18.4. The molecule has 0 N–H and O–H groups in total. The SMILES string of the molecule is [CH3][Sb][S][Sb][CH3]. The monoisotopic (exact) mass is 304 g/mol. The molecule has 5 heavy (non-hydrogen) atoms. The fraction of sp³-hybridized carbons (Fsp3) is 1.00. The van der Waals surface area contributed by atoms with E-state index in [0.29, 0.717) is 40.4 Å². The summed E-state index contributed by atoms with van der Waals surface area (Å²) in [4.78, 5) is 4.72. The van der Waals surface area contributed by atoms with Gasteiger partial charge in [0.15, 0.2) is 0 Å². The maximum atomic E-state index is 2.36. The molecule has 0 heterocycles. The van der Waals surface area contributed by atoms with E-state index in [1.807, 2.05) is 0 Å². The molecule has 0 saturated carbocycles. The Balaban J connectivity index is 2.19. The van der Waals surface area contributed by atoms with Crippen molar-refractivity contribution in [3.8, 4) is 0 Å². The van der Waals surface area contributed by atoms with Gasteiger partial charge in [0.2, 0.25) is 0 Å². The average Bonchev–Trinajstić information content (AvgIpc) is 1.41. The van der Waals surface area contributed by atoms with Gasteiger partial charge in [0.1, 0.15) is 0 Å². The molecular weight excluding hydrogens is 300 g/mol. The van der Waals surface area contributed by atoms with Crippen LogP contribution in [0, 0.1) is 0 Å². The van der Waals surface area contributed by atoms with E-state index in [9.17, 15) is 0 Å². The molecule has 0 atom stereocenters.